The first-order valence-corrected chi connectivity index (χ1v) is 12.6. The van der Waals surface area contributed by atoms with Gasteiger partial charge in [-0.1, -0.05) is 24.3 Å². The Labute approximate surface area is 248 Å². The molecule has 0 amide bonds. The molecule has 0 radical (unpaired) electrons. The first-order valence-electron chi connectivity index (χ1n) is 12.6. The van der Waals surface area contributed by atoms with Crippen molar-refractivity contribution in [3.63, 3.8) is 0 Å². The number of aryl methyl sites for hydroxylation is 1. The highest BCUT2D eigenvalue weighted by atomic mass is 35.5. The van der Waals surface area contributed by atoms with Gasteiger partial charge in [0.05, 0.1) is 12.5 Å². The summed E-state index contributed by atoms with van der Waals surface area (Å²) in [6.07, 6.45) is 3.18. The van der Waals surface area contributed by atoms with Gasteiger partial charge in [-0.3, -0.25) is 9.69 Å². The molecule has 0 spiro atoms. The molecule has 39 heavy (non-hydrogen) atoms. The van der Waals surface area contributed by atoms with Crippen LogP contribution in [0.15, 0.2) is 45.6 Å². The topological polar surface area (TPSA) is 89.6 Å². The molecule has 2 N–H and O–H groups in total. The molecule has 2 aromatic carbocycles. The lowest BCUT2D eigenvalue weighted by atomic mass is 10.0. The van der Waals surface area contributed by atoms with Crippen molar-refractivity contribution in [2.75, 3.05) is 67.0 Å². The molecule has 1 fully saturated rings. The Morgan fingerprint density at radius 1 is 0.949 bits per heavy atom. The Kier molecular flexibility index (Phi) is 14.4. The summed E-state index contributed by atoms with van der Waals surface area (Å²) in [7, 11) is 5.77. The van der Waals surface area contributed by atoms with E-state index in [-0.39, 0.29) is 65.4 Å². The van der Waals surface area contributed by atoms with Crippen LogP contribution >= 0.6 is 37.2 Å². The Balaban J connectivity index is 0.00000253. The van der Waals surface area contributed by atoms with Crippen molar-refractivity contribution in [3.05, 3.63) is 52.2 Å². The lowest BCUT2D eigenvalue weighted by Crippen LogP contribution is -2.46. The van der Waals surface area contributed by atoms with Gasteiger partial charge in [0, 0.05) is 44.8 Å². The molecule has 0 bridgehead atoms. The van der Waals surface area contributed by atoms with E-state index in [2.05, 4.69) is 28.8 Å². The molecule has 218 valence electrons. The van der Waals surface area contributed by atoms with Gasteiger partial charge < -0.3 is 29.2 Å². The summed E-state index contributed by atoms with van der Waals surface area (Å²) in [5.41, 5.74) is 1.32. The lowest BCUT2D eigenvalue weighted by molar-refractivity contribution is 0.140. The van der Waals surface area contributed by atoms with Crippen LogP contribution in [-0.2, 0) is 6.42 Å². The van der Waals surface area contributed by atoms with E-state index in [1.54, 1.807) is 0 Å². The van der Waals surface area contributed by atoms with Gasteiger partial charge in [0.1, 0.15) is 0 Å². The predicted molar refractivity (Wildman–Crippen MR) is 164 cm³/mol. The van der Waals surface area contributed by atoms with Crippen LogP contribution in [0.4, 0.5) is 0 Å². The zero-order chi connectivity index (χ0) is 25.7. The fraction of sp³-hybridized carbons (Fsp3) is 0.464. The summed E-state index contributed by atoms with van der Waals surface area (Å²) in [5.74, 6) is -0.464. The van der Waals surface area contributed by atoms with Crippen molar-refractivity contribution >= 4 is 48.2 Å². The third-order valence-electron chi connectivity index (χ3n) is 7.04. The number of phenols is 1. The summed E-state index contributed by atoms with van der Waals surface area (Å²) in [4.78, 5) is 20.0. The first-order chi connectivity index (χ1) is 17.4. The van der Waals surface area contributed by atoms with E-state index in [0.717, 1.165) is 65.1 Å². The quantitative estimate of drug-likeness (QED) is 0.324. The molecule has 0 unspecified atom stereocenters. The molecule has 1 aromatic heterocycles. The van der Waals surface area contributed by atoms with Crippen LogP contribution in [0, 0.1) is 0 Å². The van der Waals surface area contributed by atoms with Crippen LogP contribution in [-0.4, -0.2) is 91.9 Å². The fourth-order valence-corrected chi connectivity index (χ4v) is 4.64. The minimum atomic E-state index is -0.564. The molecular formula is C28H40Cl3N3O5. The standard InChI is InChI=1S/C28H37N3O5.3ClH/c1-29(14-17-31-18-15-30(2)16-19-31)13-5-4-6-20-7-9-21(10-8-20)26-25(34)24(33)22-11-12-23(32)28(35-3)27(22)36-26;;;/h7-12,32,34H,4-6,13-19H2,1-3H3;3*1H. The van der Waals surface area contributed by atoms with Gasteiger partial charge >= 0.3 is 0 Å². The Hall–Kier alpha value is -2.20. The average molecular weight is 605 g/mol. The number of piperazine rings is 1. The highest BCUT2D eigenvalue weighted by Gasteiger charge is 2.20. The van der Waals surface area contributed by atoms with E-state index >= 15 is 0 Å². The largest absolute Gasteiger partial charge is 0.504 e. The number of rotatable bonds is 10. The zero-order valence-electron chi connectivity index (χ0n) is 22.7. The molecule has 1 saturated heterocycles. The summed E-state index contributed by atoms with van der Waals surface area (Å²) >= 11 is 0. The maximum Gasteiger partial charge on any atom is 0.235 e. The van der Waals surface area contributed by atoms with Gasteiger partial charge in [0.2, 0.25) is 16.9 Å². The number of nitrogens with zero attached hydrogens (tertiary/aromatic N) is 3. The molecular weight excluding hydrogens is 565 g/mol. The van der Waals surface area contributed by atoms with Crippen molar-refractivity contribution in [2.24, 2.45) is 0 Å². The number of phenolic OH excluding ortho intramolecular Hbond substituents is 1. The number of hydrogen-bond donors (Lipinski definition) is 2. The molecule has 0 saturated carbocycles. The average Bonchev–Trinajstić information content (AvgIpc) is 2.88. The van der Waals surface area contributed by atoms with Crippen LogP contribution in [0.5, 0.6) is 17.2 Å². The SMILES string of the molecule is COc1c(O)ccc2c(=O)c(O)c(-c3ccc(CCCCN(C)CCN4CCN(C)CC4)cc3)oc12.Cl.Cl.Cl. The van der Waals surface area contributed by atoms with Crippen molar-refractivity contribution in [1.29, 1.82) is 0 Å². The first kappa shape index (κ1) is 34.8. The van der Waals surface area contributed by atoms with Gasteiger partial charge in [-0.25, -0.2) is 0 Å². The second-order valence-electron chi connectivity index (χ2n) is 9.71. The highest BCUT2D eigenvalue weighted by molar-refractivity contribution is 5.88. The summed E-state index contributed by atoms with van der Waals surface area (Å²) in [6, 6.07) is 10.4. The van der Waals surface area contributed by atoms with E-state index < -0.39 is 11.2 Å². The highest BCUT2D eigenvalue weighted by Crippen LogP contribution is 2.38. The van der Waals surface area contributed by atoms with Gasteiger partial charge in [-0.15, -0.1) is 37.2 Å². The van der Waals surface area contributed by atoms with E-state index in [1.165, 1.54) is 24.8 Å². The zero-order valence-corrected chi connectivity index (χ0v) is 25.2. The molecule has 8 nitrogen and oxygen atoms in total. The number of hydrogen-bond acceptors (Lipinski definition) is 8. The number of fused-ring (bicyclic) bond motifs is 1. The maximum atomic E-state index is 12.7. The van der Waals surface area contributed by atoms with Crippen LogP contribution in [0.1, 0.15) is 18.4 Å². The molecule has 4 rings (SSSR count). The van der Waals surface area contributed by atoms with Crippen LogP contribution in [0.2, 0.25) is 0 Å². The summed E-state index contributed by atoms with van der Waals surface area (Å²) in [6.45, 7) is 7.96. The summed E-state index contributed by atoms with van der Waals surface area (Å²) in [5, 5.41) is 20.7. The Morgan fingerprint density at radius 3 is 2.26 bits per heavy atom. The summed E-state index contributed by atoms with van der Waals surface area (Å²) < 4.78 is 11.1. The molecule has 0 aliphatic carbocycles. The predicted octanol–water partition coefficient (Wildman–Crippen LogP) is 4.65. The smallest absolute Gasteiger partial charge is 0.235 e. The molecule has 0 atom stereocenters. The Bertz CT molecular complexity index is 1230. The fourth-order valence-electron chi connectivity index (χ4n) is 4.64. The second-order valence-corrected chi connectivity index (χ2v) is 9.71. The normalized spacial score (nSPS) is 13.9. The number of aromatic hydroxyl groups is 2. The van der Waals surface area contributed by atoms with E-state index in [9.17, 15) is 15.0 Å². The van der Waals surface area contributed by atoms with Crippen molar-refractivity contribution in [1.82, 2.24) is 14.7 Å². The second kappa shape index (κ2) is 16.2. The van der Waals surface area contributed by atoms with Gasteiger partial charge in [0.25, 0.3) is 0 Å². The third kappa shape index (κ3) is 8.64. The number of likely N-dealkylation sites (N-methyl/N-ethyl adjacent to an activating group) is 2. The van der Waals surface area contributed by atoms with Crippen LogP contribution in [0.25, 0.3) is 22.3 Å². The maximum absolute atomic E-state index is 12.7. The van der Waals surface area contributed by atoms with Gasteiger partial charge in [-0.05, 0) is 57.6 Å². The minimum absolute atomic E-state index is 0. The van der Waals surface area contributed by atoms with E-state index in [0.29, 0.717) is 5.56 Å². The third-order valence-corrected chi connectivity index (χ3v) is 7.04. The number of unbranched alkanes of at least 4 members (excludes halogenated alkanes) is 1. The molecule has 3 aromatic rings. The monoisotopic (exact) mass is 603 g/mol. The van der Waals surface area contributed by atoms with Crippen molar-refractivity contribution in [2.45, 2.75) is 19.3 Å². The number of benzene rings is 2. The lowest BCUT2D eigenvalue weighted by Gasteiger charge is -2.33. The van der Waals surface area contributed by atoms with Crippen molar-refractivity contribution in [3.8, 4) is 28.6 Å². The van der Waals surface area contributed by atoms with E-state index in [1.807, 2.05) is 24.3 Å². The van der Waals surface area contributed by atoms with Crippen LogP contribution in [0.3, 0.4) is 0 Å². The number of halogens is 3. The minimum Gasteiger partial charge on any atom is -0.504 e. The number of ether oxygens (including phenoxy) is 1. The van der Waals surface area contributed by atoms with Crippen LogP contribution < -0.4 is 10.2 Å². The molecule has 2 heterocycles. The molecule has 11 heteroatoms. The van der Waals surface area contributed by atoms with E-state index in [4.69, 9.17) is 9.15 Å². The number of methoxy groups -OCH3 is 1. The Morgan fingerprint density at radius 2 is 1.62 bits per heavy atom. The molecule has 1 aliphatic heterocycles. The van der Waals surface area contributed by atoms with Gasteiger partial charge in [-0.2, -0.15) is 0 Å². The molecule has 1 aliphatic rings. The van der Waals surface area contributed by atoms with Crippen molar-refractivity contribution < 1.29 is 19.4 Å². The van der Waals surface area contributed by atoms with Gasteiger partial charge in [0.15, 0.2) is 17.1 Å².